The summed E-state index contributed by atoms with van der Waals surface area (Å²) in [6, 6.07) is 4.69. The summed E-state index contributed by atoms with van der Waals surface area (Å²) >= 11 is 0. The van der Waals surface area contributed by atoms with E-state index in [0.29, 0.717) is 30.5 Å². The predicted octanol–water partition coefficient (Wildman–Crippen LogP) is 2.37. The Labute approximate surface area is 166 Å². The molecule has 0 aliphatic carbocycles. The van der Waals surface area contributed by atoms with Crippen LogP contribution in [0.15, 0.2) is 42.4 Å². The van der Waals surface area contributed by atoms with E-state index >= 15 is 0 Å². The largest absolute Gasteiger partial charge is 0.473 e. The lowest BCUT2D eigenvalue weighted by molar-refractivity contribution is -0.159. The number of nitrogens with two attached hydrogens (primary N) is 1. The van der Waals surface area contributed by atoms with Crippen LogP contribution in [0.5, 0.6) is 0 Å². The van der Waals surface area contributed by atoms with E-state index in [2.05, 4.69) is 6.07 Å². The van der Waals surface area contributed by atoms with Gasteiger partial charge in [0.1, 0.15) is 11.4 Å². The summed E-state index contributed by atoms with van der Waals surface area (Å²) in [5, 5.41) is 23.9. The Morgan fingerprint density at radius 1 is 1.29 bits per heavy atom. The normalized spacial score (nSPS) is 19.0. The Kier molecular flexibility index (Phi) is 5.11. The number of aliphatic carboxylic acids is 2. The highest BCUT2D eigenvalue weighted by Crippen LogP contribution is 2.45. The first-order valence-corrected chi connectivity index (χ1v) is 8.11. The topological polar surface area (TPSA) is 134 Å². The zero-order valence-electron chi connectivity index (χ0n) is 18.6. The van der Waals surface area contributed by atoms with Crippen LogP contribution >= 0.6 is 0 Å². The van der Waals surface area contributed by atoms with Crippen molar-refractivity contribution in [2.75, 3.05) is 6.54 Å². The van der Waals surface area contributed by atoms with Crippen LogP contribution in [-0.2, 0) is 26.5 Å². The maximum absolute atomic E-state index is 14.0. The van der Waals surface area contributed by atoms with Crippen molar-refractivity contribution in [1.29, 1.82) is 5.26 Å². The maximum Gasteiger partial charge on any atom is 0.414 e. The first-order chi connectivity index (χ1) is 15.0. The molecular formula is C20H19FN2O5. The lowest BCUT2D eigenvalue weighted by atomic mass is 9.81. The van der Waals surface area contributed by atoms with Crippen molar-refractivity contribution in [3.8, 4) is 6.07 Å². The van der Waals surface area contributed by atoms with Gasteiger partial charge in [0.05, 0.1) is 23.7 Å². The number of benzene rings is 2. The zero-order chi connectivity index (χ0) is 24.2. The molecule has 28 heavy (non-hydrogen) atoms. The molecule has 0 fully saturated rings. The standard InChI is InChI=1S/C18H17FN2O.C2H2O4/c19-16-5-3-15(4-6-16)18(8-1-9-20)17-7-2-13(11-21)10-14(17)12-22-18;3-1(4)2(5)6/h2-7,10H,1,8-9,12,20H2;(H,3,4)(H,5,6)/i3D,4D,5D,6D;. The van der Waals surface area contributed by atoms with Gasteiger partial charge in [-0.05, 0) is 60.3 Å². The first kappa shape index (κ1) is 15.7. The molecule has 1 aliphatic heterocycles. The highest BCUT2D eigenvalue weighted by Gasteiger charge is 2.41. The van der Waals surface area contributed by atoms with Crippen molar-refractivity contribution in [1.82, 2.24) is 0 Å². The molecule has 1 aliphatic rings. The van der Waals surface area contributed by atoms with Crippen LogP contribution in [0, 0.1) is 17.1 Å². The Morgan fingerprint density at radius 2 is 1.93 bits per heavy atom. The molecular weight excluding hydrogens is 367 g/mol. The molecule has 0 saturated carbocycles. The fourth-order valence-electron chi connectivity index (χ4n) is 2.84. The number of carboxylic acids is 2. The van der Waals surface area contributed by atoms with Crippen molar-refractivity contribution in [3.63, 3.8) is 0 Å². The monoisotopic (exact) mass is 390 g/mol. The molecule has 1 heterocycles. The number of halogens is 1. The van der Waals surface area contributed by atoms with E-state index in [4.69, 9.17) is 41.0 Å². The number of hydrogen-bond acceptors (Lipinski definition) is 5. The molecule has 0 spiro atoms. The number of nitriles is 1. The number of nitrogens with zero attached hydrogens (tertiary/aromatic N) is 1. The number of carboxylic acid groups (broad SMARTS) is 2. The van der Waals surface area contributed by atoms with E-state index in [1.54, 1.807) is 18.2 Å². The minimum atomic E-state index is -1.82. The third-order valence-electron chi connectivity index (χ3n) is 4.06. The van der Waals surface area contributed by atoms with Crippen LogP contribution in [0.1, 0.15) is 40.6 Å². The average Bonchev–Trinajstić information content (AvgIpc) is 3.13. The van der Waals surface area contributed by atoms with Crippen LogP contribution in [-0.4, -0.2) is 28.7 Å². The molecule has 4 N–H and O–H groups in total. The Hall–Kier alpha value is -3.28. The van der Waals surface area contributed by atoms with Gasteiger partial charge in [-0.1, -0.05) is 18.2 Å². The number of fused-ring (bicyclic) bond motifs is 1. The van der Waals surface area contributed by atoms with Crippen LogP contribution in [0.2, 0.25) is 0 Å². The fraction of sp³-hybridized carbons (Fsp3) is 0.250. The van der Waals surface area contributed by atoms with Crippen LogP contribution < -0.4 is 5.73 Å². The molecule has 1 unspecified atom stereocenters. The highest BCUT2D eigenvalue weighted by molar-refractivity contribution is 6.27. The summed E-state index contributed by atoms with van der Waals surface area (Å²) in [5.41, 5.74) is 6.26. The quantitative estimate of drug-likeness (QED) is 0.682. The minimum absolute atomic E-state index is 0.00538. The third-order valence-corrected chi connectivity index (χ3v) is 4.06. The predicted molar refractivity (Wildman–Crippen MR) is 96.7 cm³/mol. The smallest absolute Gasteiger partial charge is 0.414 e. The van der Waals surface area contributed by atoms with E-state index in [-0.39, 0.29) is 12.2 Å². The summed E-state index contributed by atoms with van der Waals surface area (Å²) in [7, 11) is 0. The molecule has 2 aromatic rings. The molecule has 2 aromatic carbocycles. The molecule has 0 saturated heterocycles. The van der Waals surface area contributed by atoms with Gasteiger partial charge in [-0.3, -0.25) is 0 Å². The maximum atomic E-state index is 14.0. The number of hydrogen-bond donors (Lipinski definition) is 3. The van der Waals surface area contributed by atoms with E-state index in [0.717, 1.165) is 5.56 Å². The summed E-state index contributed by atoms with van der Waals surface area (Å²) < 4.78 is 52.1. The number of carbonyl (C=O) groups is 2. The van der Waals surface area contributed by atoms with Gasteiger partial charge in [-0.2, -0.15) is 5.26 Å². The van der Waals surface area contributed by atoms with Gasteiger partial charge >= 0.3 is 11.9 Å². The van der Waals surface area contributed by atoms with Gasteiger partial charge in [-0.25, -0.2) is 14.0 Å². The van der Waals surface area contributed by atoms with Crippen molar-refractivity contribution < 1.29 is 34.4 Å². The molecule has 146 valence electrons. The summed E-state index contributed by atoms with van der Waals surface area (Å²) in [6.45, 7) is 0.506. The van der Waals surface area contributed by atoms with E-state index in [9.17, 15) is 4.39 Å². The van der Waals surface area contributed by atoms with Gasteiger partial charge < -0.3 is 20.7 Å². The lowest BCUT2D eigenvalue weighted by Gasteiger charge is -2.30. The van der Waals surface area contributed by atoms with Gasteiger partial charge in [0.15, 0.2) is 0 Å². The Morgan fingerprint density at radius 3 is 2.46 bits per heavy atom. The molecule has 3 rings (SSSR count). The minimum Gasteiger partial charge on any atom is -0.473 e. The SMILES string of the molecule is O=C(O)C(=O)O.[2H]c1c([2H])c(C2(CCCN)OCc3cc(C#N)ccc32)c([2H])c([2H])c1F. The second kappa shape index (κ2) is 9.08. The van der Waals surface area contributed by atoms with Crippen molar-refractivity contribution in [3.05, 3.63) is 70.4 Å². The van der Waals surface area contributed by atoms with E-state index < -0.39 is 47.5 Å². The zero-order valence-corrected chi connectivity index (χ0v) is 14.6. The van der Waals surface area contributed by atoms with E-state index in [1.807, 2.05) is 0 Å². The second-order valence-electron chi connectivity index (χ2n) is 5.79. The van der Waals surface area contributed by atoms with Gasteiger partial charge in [-0.15, -0.1) is 0 Å². The molecule has 0 radical (unpaired) electrons. The Balaban J connectivity index is 0.000000534. The van der Waals surface area contributed by atoms with Crippen LogP contribution in [0.3, 0.4) is 0 Å². The fourth-order valence-corrected chi connectivity index (χ4v) is 2.84. The molecule has 1 atom stereocenters. The summed E-state index contributed by atoms with van der Waals surface area (Å²) in [5.74, 6) is -4.83. The Bertz CT molecular complexity index is 1080. The van der Waals surface area contributed by atoms with E-state index in [1.165, 1.54) is 0 Å². The molecule has 0 amide bonds. The summed E-state index contributed by atoms with van der Waals surface area (Å²) in [4.78, 5) is 18.2. The third kappa shape index (κ3) is 4.52. The average molecular weight is 390 g/mol. The number of rotatable bonds is 4. The van der Waals surface area contributed by atoms with Crippen molar-refractivity contribution in [2.24, 2.45) is 5.73 Å². The van der Waals surface area contributed by atoms with Crippen molar-refractivity contribution in [2.45, 2.75) is 25.0 Å². The molecule has 7 nitrogen and oxygen atoms in total. The first-order valence-electron chi connectivity index (χ1n) is 10.1. The summed E-state index contributed by atoms with van der Waals surface area (Å²) in [6.07, 6.45) is 0.834. The lowest BCUT2D eigenvalue weighted by Crippen LogP contribution is -2.28. The molecule has 8 heteroatoms. The van der Waals surface area contributed by atoms with Crippen molar-refractivity contribution >= 4 is 11.9 Å². The highest BCUT2D eigenvalue weighted by atomic mass is 19.1. The number of ether oxygens (including phenoxy) is 1. The van der Waals surface area contributed by atoms with Gasteiger partial charge in [0.25, 0.3) is 0 Å². The van der Waals surface area contributed by atoms with Crippen LogP contribution in [0.4, 0.5) is 4.39 Å². The van der Waals surface area contributed by atoms with Gasteiger partial charge in [0, 0.05) is 0 Å². The van der Waals surface area contributed by atoms with Gasteiger partial charge in [0.2, 0.25) is 0 Å². The molecule has 0 bridgehead atoms. The van der Waals surface area contributed by atoms with Crippen LogP contribution in [0.25, 0.3) is 0 Å². The molecule has 0 aromatic heterocycles. The second-order valence-corrected chi connectivity index (χ2v) is 5.79.